The molecule has 2 saturated heterocycles. The highest BCUT2D eigenvalue weighted by molar-refractivity contribution is 5.93. The number of nitrogens with zero attached hydrogens (tertiary/aromatic N) is 3. The molecule has 2 bridgehead atoms. The average molecular weight is 383 g/mol. The number of hydrogen-bond donors (Lipinski definition) is 2. The molecule has 0 spiro atoms. The number of benzene rings is 1. The van der Waals surface area contributed by atoms with E-state index >= 15 is 0 Å². The standard InChI is InChI=1S/C17H17F4N5O/c18-12-3-1-2-4-13(12)26-15(17(19,20)21)14(24-25-26)16(27)23-11-7-9-5-6-10(8-11)22-9/h1-4,9-11,22H,5-8H2,(H,23,27). The molecular formula is C17H17F4N5O. The normalized spacial score (nSPS) is 24.8. The summed E-state index contributed by atoms with van der Waals surface area (Å²) in [5, 5.41) is 12.9. The molecule has 2 unspecified atom stereocenters. The van der Waals surface area contributed by atoms with Crippen LogP contribution >= 0.6 is 0 Å². The van der Waals surface area contributed by atoms with E-state index in [1.54, 1.807) is 0 Å². The molecule has 2 aromatic rings. The third kappa shape index (κ3) is 3.41. The average Bonchev–Trinajstić information content (AvgIpc) is 3.19. The van der Waals surface area contributed by atoms with Gasteiger partial charge >= 0.3 is 6.18 Å². The molecule has 0 radical (unpaired) electrons. The number of rotatable bonds is 3. The number of aromatic nitrogens is 3. The van der Waals surface area contributed by atoms with Gasteiger partial charge in [-0.3, -0.25) is 4.79 Å². The Morgan fingerprint density at radius 1 is 1.19 bits per heavy atom. The van der Waals surface area contributed by atoms with Crippen LogP contribution in [0.15, 0.2) is 24.3 Å². The van der Waals surface area contributed by atoms with E-state index in [9.17, 15) is 22.4 Å². The molecule has 10 heteroatoms. The van der Waals surface area contributed by atoms with Crippen molar-refractivity contribution in [3.63, 3.8) is 0 Å². The van der Waals surface area contributed by atoms with Crippen LogP contribution in [-0.4, -0.2) is 39.0 Å². The van der Waals surface area contributed by atoms with Crippen LogP contribution in [-0.2, 0) is 6.18 Å². The molecule has 144 valence electrons. The third-order valence-electron chi connectivity index (χ3n) is 5.04. The molecule has 2 N–H and O–H groups in total. The molecule has 2 aliphatic heterocycles. The Morgan fingerprint density at radius 3 is 2.48 bits per heavy atom. The number of carbonyl (C=O) groups is 1. The molecule has 4 rings (SSSR count). The Hall–Kier alpha value is -2.49. The quantitative estimate of drug-likeness (QED) is 0.799. The number of halogens is 4. The summed E-state index contributed by atoms with van der Waals surface area (Å²) in [4.78, 5) is 12.5. The van der Waals surface area contributed by atoms with Gasteiger partial charge in [-0.15, -0.1) is 5.10 Å². The minimum atomic E-state index is -4.92. The van der Waals surface area contributed by atoms with Crippen molar-refractivity contribution in [2.75, 3.05) is 0 Å². The first-order chi connectivity index (χ1) is 12.8. The van der Waals surface area contributed by atoms with E-state index < -0.39 is 35.0 Å². The molecule has 2 atom stereocenters. The van der Waals surface area contributed by atoms with Crippen LogP contribution < -0.4 is 10.6 Å². The monoisotopic (exact) mass is 383 g/mol. The zero-order valence-electron chi connectivity index (χ0n) is 14.1. The highest BCUT2D eigenvalue weighted by atomic mass is 19.4. The van der Waals surface area contributed by atoms with Crippen LogP contribution in [0.4, 0.5) is 17.6 Å². The Kier molecular flexibility index (Phi) is 4.37. The highest BCUT2D eigenvalue weighted by Crippen LogP contribution is 2.33. The lowest BCUT2D eigenvalue weighted by Crippen LogP contribution is -2.48. The molecule has 1 aromatic carbocycles. The fraction of sp³-hybridized carbons (Fsp3) is 0.471. The molecule has 0 aliphatic carbocycles. The van der Waals surface area contributed by atoms with E-state index in [2.05, 4.69) is 20.9 Å². The zero-order valence-corrected chi connectivity index (χ0v) is 14.1. The Labute approximate surface area is 151 Å². The predicted molar refractivity (Wildman–Crippen MR) is 86.8 cm³/mol. The third-order valence-corrected chi connectivity index (χ3v) is 5.04. The van der Waals surface area contributed by atoms with E-state index in [0.29, 0.717) is 17.5 Å². The number of fused-ring (bicyclic) bond motifs is 2. The first-order valence-corrected chi connectivity index (χ1v) is 8.67. The van der Waals surface area contributed by atoms with Crippen LogP contribution in [0, 0.1) is 5.82 Å². The summed E-state index contributed by atoms with van der Waals surface area (Å²) in [6.07, 6.45) is -1.62. The largest absolute Gasteiger partial charge is 0.435 e. The number of para-hydroxylation sites is 1. The summed E-state index contributed by atoms with van der Waals surface area (Å²) in [7, 11) is 0. The van der Waals surface area contributed by atoms with Gasteiger partial charge in [0.1, 0.15) is 11.5 Å². The molecule has 0 saturated carbocycles. The van der Waals surface area contributed by atoms with Crippen LogP contribution in [0.5, 0.6) is 0 Å². The van der Waals surface area contributed by atoms with E-state index in [1.807, 2.05) is 0 Å². The van der Waals surface area contributed by atoms with E-state index in [4.69, 9.17) is 0 Å². The van der Waals surface area contributed by atoms with E-state index in [-0.39, 0.29) is 18.1 Å². The van der Waals surface area contributed by atoms with Crippen LogP contribution in [0.1, 0.15) is 41.9 Å². The highest BCUT2D eigenvalue weighted by Gasteiger charge is 2.43. The first kappa shape index (κ1) is 17.9. The number of amides is 1. The molecule has 2 aliphatic rings. The Morgan fingerprint density at radius 2 is 1.85 bits per heavy atom. The van der Waals surface area contributed by atoms with Crippen LogP contribution in [0.2, 0.25) is 0 Å². The second-order valence-electron chi connectivity index (χ2n) is 6.93. The number of piperidine rings is 1. The van der Waals surface area contributed by atoms with Gasteiger partial charge < -0.3 is 10.6 Å². The maximum atomic E-state index is 14.0. The van der Waals surface area contributed by atoms with Gasteiger partial charge in [0.2, 0.25) is 0 Å². The molecule has 1 aromatic heterocycles. The van der Waals surface area contributed by atoms with Gasteiger partial charge in [-0.05, 0) is 37.8 Å². The second kappa shape index (κ2) is 6.59. The number of alkyl halides is 3. The van der Waals surface area contributed by atoms with Gasteiger partial charge in [0.15, 0.2) is 11.4 Å². The van der Waals surface area contributed by atoms with Crippen molar-refractivity contribution in [2.45, 2.75) is 50.0 Å². The molecule has 27 heavy (non-hydrogen) atoms. The predicted octanol–water partition coefficient (Wildman–Crippen LogP) is 2.44. The van der Waals surface area contributed by atoms with Crippen molar-refractivity contribution in [2.24, 2.45) is 0 Å². The van der Waals surface area contributed by atoms with Crippen LogP contribution in [0.25, 0.3) is 5.69 Å². The number of hydrogen-bond acceptors (Lipinski definition) is 4. The number of carbonyl (C=O) groups excluding carboxylic acids is 1. The van der Waals surface area contributed by atoms with Gasteiger partial charge in [0.25, 0.3) is 5.91 Å². The van der Waals surface area contributed by atoms with Crippen molar-refractivity contribution in [3.8, 4) is 5.69 Å². The fourth-order valence-corrected chi connectivity index (χ4v) is 3.91. The Balaban J connectivity index is 1.64. The van der Waals surface area contributed by atoms with Gasteiger partial charge in [-0.1, -0.05) is 17.3 Å². The van der Waals surface area contributed by atoms with Gasteiger partial charge in [0, 0.05) is 18.1 Å². The van der Waals surface area contributed by atoms with Crippen molar-refractivity contribution in [1.82, 2.24) is 25.6 Å². The fourth-order valence-electron chi connectivity index (χ4n) is 3.91. The summed E-state index contributed by atoms with van der Waals surface area (Å²) >= 11 is 0. The lowest BCUT2D eigenvalue weighted by atomic mass is 9.99. The molecule has 3 heterocycles. The van der Waals surface area contributed by atoms with Crippen molar-refractivity contribution < 1.29 is 22.4 Å². The molecular weight excluding hydrogens is 366 g/mol. The topological polar surface area (TPSA) is 71.8 Å². The van der Waals surface area contributed by atoms with Crippen molar-refractivity contribution in [3.05, 3.63) is 41.5 Å². The smallest absolute Gasteiger partial charge is 0.348 e. The van der Waals surface area contributed by atoms with Gasteiger partial charge in [-0.25, -0.2) is 9.07 Å². The van der Waals surface area contributed by atoms with Crippen molar-refractivity contribution in [1.29, 1.82) is 0 Å². The summed E-state index contributed by atoms with van der Waals surface area (Å²) < 4.78 is 55.1. The van der Waals surface area contributed by atoms with E-state index in [1.165, 1.54) is 12.1 Å². The zero-order chi connectivity index (χ0) is 19.2. The molecule has 6 nitrogen and oxygen atoms in total. The van der Waals surface area contributed by atoms with Crippen LogP contribution in [0.3, 0.4) is 0 Å². The lowest BCUT2D eigenvalue weighted by molar-refractivity contribution is -0.143. The summed E-state index contributed by atoms with van der Waals surface area (Å²) in [5.74, 6) is -1.84. The minimum Gasteiger partial charge on any atom is -0.348 e. The summed E-state index contributed by atoms with van der Waals surface area (Å²) in [6.45, 7) is 0. The second-order valence-corrected chi connectivity index (χ2v) is 6.93. The summed E-state index contributed by atoms with van der Waals surface area (Å²) in [6, 6.07) is 5.20. The maximum absolute atomic E-state index is 14.0. The van der Waals surface area contributed by atoms with Crippen molar-refractivity contribution >= 4 is 5.91 Å². The molecule has 1 amide bonds. The summed E-state index contributed by atoms with van der Waals surface area (Å²) in [5.41, 5.74) is -2.66. The minimum absolute atomic E-state index is 0.226. The van der Waals surface area contributed by atoms with Gasteiger partial charge in [-0.2, -0.15) is 13.2 Å². The van der Waals surface area contributed by atoms with E-state index in [0.717, 1.165) is 25.0 Å². The molecule has 2 fully saturated rings. The van der Waals surface area contributed by atoms with Gasteiger partial charge in [0.05, 0.1) is 0 Å². The Bertz CT molecular complexity index is 853. The maximum Gasteiger partial charge on any atom is 0.435 e. The SMILES string of the molecule is O=C(NC1CC2CCC(C1)N2)c1nnn(-c2ccccc2F)c1C(F)(F)F. The number of nitrogens with one attached hydrogen (secondary N) is 2. The first-order valence-electron chi connectivity index (χ1n) is 8.67. The lowest BCUT2D eigenvalue weighted by Gasteiger charge is -2.29.